The molecule has 0 saturated heterocycles. The van der Waals surface area contributed by atoms with Gasteiger partial charge in [-0.1, -0.05) is 0 Å². The summed E-state index contributed by atoms with van der Waals surface area (Å²) in [6, 6.07) is 8.73. The van der Waals surface area contributed by atoms with Crippen LogP contribution in [0.15, 0.2) is 40.9 Å². The van der Waals surface area contributed by atoms with Crippen molar-refractivity contribution in [2.75, 3.05) is 5.73 Å². The molecule has 0 bridgehead atoms. The number of hydrogen-bond donors (Lipinski definition) is 1. The number of nitrogens with two attached hydrogens (primary N) is 1. The Morgan fingerprint density at radius 2 is 2.05 bits per heavy atom. The topological polar surface area (TPSA) is 78.4 Å². The maximum atomic E-state index is 13.3. The Balaban J connectivity index is 2.09. The van der Waals surface area contributed by atoms with Gasteiger partial charge in [-0.05, 0) is 45.8 Å². The summed E-state index contributed by atoms with van der Waals surface area (Å²) in [6.07, 6.45) is 0. The summed E-state index contributed by atoms with van der Waals surface area (Å²) in [5, 5.41) is 10.6. The molecular weight excluding hydrogens is 331 g/mol. The van der Waals surface area contributed by atoms with E-state index >= 15 is 0 Å². The molecule has 0 amide bonds. The minimum absolute atomic E-state index is 0.0677. The van der Waals surface area contributed by atoms with Crippen molar-refractivity contribution in [1.29, 1.82) is 0 Å². The minimum atomic E-state index is -0.552. The average Bonchev–Trinajstić information content (AvgIpc) is 2.40. The van der Waals surface area contributed by atoms with Crippen LogP contribution in [-0.2, 0) is 6.61 Å². The first-order chi connectivity index (χ1) is 9.47. The van der Waals surface area contributed by atoms with Crippen LogP contribution in [0, 0.1) is 15.9 Å². The van der Waals surface area contributed by atoms with Crippen LogP contribution in [-0.4, -0.2) is 4.92 Å². The molecular formula is C13H10BrFN2O3. The Morgan fingerprint density at radius 3 is 2.65 bits per heavy atom. The Labute approximate surface area is 122 Å². The molecule has 0 spiro atoms. The second-order valence-corrected chi connectivity index (χ2v) is 4.87. The number of nitro benzene ring substituents is 1. The van der Waals surface area contributed by atoms with Crippen LogP contribution in [0.1, 0.15) is 5.56 Å². The third-order valence-corrected chi connectivity index (χ3v) is 3.23. The predicted molar refractivity (Wildman–Crippen MR) is 75.9 cm³/mol. The van der Waals surface area contributed by atoms with Crippen molar-refractivity contribution in [1.82, 2.24) is 0 Å². The van der Waals surface area contributed by atoms with E-state index in [2.05, 4.69) is 15.9 Å². The normalized spacial score (nSPS) is 10.3. The SMILES string of the molecule is Nc1cc(COc2ccc(Br)c(F)c2)ccc1[N+](=O)[O-]. The summed E-state index contributed by atoms with van der Waals surface area (Å²) < 4.78 is 19.0. The van der Waals surface area contributed by atoms with Crippen molar-refractivity contribution in [3.05, 3.63) is 62.4 Å². The molecule has 0 aliphatic carbocycles. The zero-order chi connectivity index (χ0) is 14.7. The third kappa shape index (κ3) is 3.24. The van der Waals surface area contributed by atoms with Crippen molar-refractivity contribution < 1.29 is 14.1 Å². The summed E-state index contributed by atoms with van der Waals surface area (Å²) in [4.78, 5) is 10.1. The van der Waals surface area contributed by atoms with E-state index in [-0.39, 0.29) is 18.0 Å². The molecule has 0 unspecified atom stereocenters. The first kappa shape index (κ1) is 14.3. The average molecular weight is 341 g/mol. The van der Waals surface area contributed by atoms with Gasteiger partial charge < -0.3 is 10.5 Å². The lowest BCUT2D eigenvalue weighted by atomic mass is 10.2. The Morgan fingerprint density at radius 1 is 1.30 bits per heavy atom. The molecule has 104 valence electrons. The quantitative estimate of drug-likeness (QED) is 0.523. The van der Waals surface area contributed by atoms with Gasteiger partial charge in [0.1, 0.15) is 23.9 Å². The maximum Gasteiger partial charge on any atom is 0.292 e. The Bertz CT molecular complexity index is 664. The van der Waals surface area contributed by atoms with E-state index in [0.717, 1.165) is 0 Å². The molecule has 2 aromatic carbocycles. The maximum absolute atomic E-state index is 13.3. The molecule has 0 aromatic heterocycles. The van der Waals surface area contributed by atoms with Gasteiger partial charge in [-0.15, -0.1) is 0 Å². The number of nitrogens with zero attached hydrogens (tertiary/aromatic N) is 1. The molecule has 2 aromatic rings. The number of anilines is 1. The van der Waals surface area contributed by atoms with Crippen LogP contribution in [0.5, 0.6) is 5.75 Å². The number of nitro groups is 1. The van der Waals surface area contributed by atoms with Crippen LogP contribution in [0.2, 0.25) is 0 Å². The van der Waals surface area contributed by atoms with Gasteiger partial charge in [0.2, 0.25) is 0 Å². The Kier molecular flexibility index (Phi) is 4.19. The van der Waals surface area contributed by atoms with Gasteiger partial charge in [-0.25, -0.2) is 4.39 Å². The van der Waals surface area contributed by atoms with Gasteiger partial charge in [0.15, 0.2) is 0 Å². The molecule has 2 N–H and O–H groups in total. The van der Waals surface area contributed by atoms with Crippen molar-refractivity contribution in [2.45, 2.75) is 6.61 Å². The van der Waals surface area contributed by atoms with E-state index in [9.17, 15) is 14.5 Å². The van der Waals surface area contributed by atoms with Gasteiger partial charge in [0.05, 0.1) is 9.40 Å². The molecule has 0 aliphatic rings. The highest BCUT2D eigenvalue weighted by atomic mass is 79.9. The molecule has 0 heterocycles. The fraction of sp³-hybridized carbons (Fsp3) is 0.0769. The largest absolute Gasteiger partial charge is 0.489 e. The smallest absolute Gasteiger partial charge is 0.292 e. The van der Waals surface area contributed by atoms with Gasteiger partial charge in [0.25, 0.3) is 5.69 Å². The third-order valence-electron chi connectivity index (χ3n) is 2.59. The monoisotopic (exact) mass is 340 g/mol. The number of rotatable bonds is 4. The summed E-state index contributed by atoms with van der Waals surface area (Å²) >= 11 is 3.05. The number of hydrogen-bond acceptors (Lipinski definition) is 4. The van der Waals surface area contributed by atoms with Crippen LogP contribution in [0.4, 0.5) is 15.8 Å². The summed E-state index contributed by atoms with van der Waals surface area (Å²) in [5.41, 5.74) is 6.15. The molecule has 0 atom stereocenters. The summed E-state index contributed by atoms with van der Waals surface area (Å²) in [7, 11) is 0. The molecule has 0 radical (unpaired) electrons. The van der Waals surface area contributed by atoms with E-state index in [1.54, 1.807) is 12.1 Å². The fourth-order valence-corrected chi connectivity index (χ4v) is 1.84. The minimum Gasteiger partial charge on any atom is -0.489 e. The van der Waals surface area contributed by atoms with Crippen LogP contribution in [0.3, 0.4) is 0 Å². The van der Waals surface area contributed by atoms with E-state index in [4.69, 9.17) is 10.5 Å². The second-order valence-electron chi connectivity index (χ2n) is 4.01. The van der Waals surface area contributed by atoms with Crippen molar-refractivity contribution in [3.8, 4) is 5.75 Å². The summed E-state index contributed by atoms with van der Waals surface area (Å²) in [6.45, 7) is 0.142. The van der Waals surface area contributed by atoms with Gasteiger partial charge in [0, 0.05) is 12.1 Å². The highest BCUT2D eigenvalue weighted by molar-refractivity contribution is 9.10. The zero-order valence-corrected chi connectivity index (χ0v) is 11.8. The van der Waals surface area contributed by atoms with Gasteiger partial charge in [-0.3, -0.25) is 10.1 Å². The number of nitrogen functional groups attached to an aromatic ring is 1. The number of halogens is 2. The molecule has 0 fully saturated rings. The standard InChI is InChI=1S/C13H10BrFN2O3/c14-10-3-2-9(6-11(10)15)20-7-8-1-4-13(17(18)19)12(16)5-8/h1-6H,7,16H2. The van der Waals surface area contributed by atoms with Crippen LogP contribution >= 0.6 is 15.9 Å². The molecule has 7 heteroatoms. The molecule has 5 nitrogen and oxygen atoms in total. The number of benzene rings is 2. The van der Waals surface area contributed by atoms with Gasteiger partial charge in [-0.2, -0.15) is 0 Å². The Hall–Kier alpha value is -2.15. The zero-order valence-electron chi connectivity index (χ0n) is 10.2. The van der Waals surface area contributed by atoms with E-state index in [0.29, 0.717) is 15.8 Å². The van der Waals surface area contributed by atoms with Crippen molar-refractivity contribution in [3.63, 3.8) is 0 Å². The lowest BCUT2D eigenvalue weighted by Gasteiger charge is -2.07. The predicted octanol–water partition coefficient (Wildman–Crippen LogP) is 3.66. The number of ether oxygens (including phenoxy) is 1. The highest BCUT2D eigenvalue weighted by Crippen LogP contribution is 2.24. The highest BCUT2D eigenvalue weighted by Gasteiger charge is 2.11. The van der Waals surface area contributed by atoms with E-state index < -0.39 is 10.7 Å². The first-order valence-corrected chi connectivity index (χ1v) is 6.37. The van der Waals surface area contributed by atoms with Crippen LogP contribution < -0.4 is 10.5 Å². The van der Waals surface area contributed by atoms with E-state index in [1.165, 1.54) is 24.3 Å². The van der Waals surface area contributed by atoms with Crippen molar-refractivity contribution in [2.24, 2.45) is 0 Å². The molecule has 20 heavy (non-hydrogen) atoms. The van der Waals surface area contributed by atoms with Gasteiger partial charge >= 0.3 is 0 Å². The second kappa shape index (κ2) is 5.87. The van der Waals surface area contributed by atoms with Crippen LogP contribution in [0.25, 0.3) is 0 Å². The molecule has 0 saturated carbocycles. The van der Waals surface area contributed by atoms with Crippen molar-refractivity contribution >= 4 is 27.3 Å². The molecule has 2 rings (SSSR count). The molecule has 0 aliphatic heterocycles. The fourth-order valence-electron chi connectivity index (χ4n) is 1.59. The van der Waals surface area contributed by atoms with E-state index in [1.807, 2.05) is 0 Å². The lowest BCUT2D eigenvalue weighted by molar-refractivity contribution is -0.383. The summed E-state index contributed by atoms with van der Waals surface area (Å²) in [5.74, 6) is -0.0617. The first-order valence-electron chi connectivity index (χ1n) is 5.58. The lowest BCUT2D eigenvalue weighted by Crippen LogP contribution is -2.00.